The van der Waals surface area contributed by atoms with Crippen LogP contribution < -0.4 is 5.46 Å². The van der Waals surface area contributed by atoms with E-state index >= 15 is 0 Å². The molecule has 1 amide bonds. The lowest BCUT2D eigenvalue weighted by Crippen LogP contribution is -2.41. The van der Waals surface area contributed by atoms with Gasteiger partial charge < -0.3 is 14.2 Å². The lowest BCUT2D eigenvalue weighted by atomic mass is 9.75. The van der Waals surface area contributed by atoms with Gasteiger partial charge in [0.1, 0.15) is 5.82 Å². The number of carbonyl (C=O) groups excluding carboxylic acids is 1. The van der Waals surface area contributed by atoms with Gasteiger partial charge in [-0.25, -0.2) is 4.39 Å². The van der Waals surface area contributed by atoms with Gasteiger partial charge in [0.2, 0.25) is 0 Å². The van der Waals surface area contributed by atoms with Crippen LogP contribution in [-0.4, -0.2) is 42.2 Å². The van der Waals surface area contributed by atoms with Crippen molar-refractivity contribution >= 4 is 18.5 Å². The molecule has 124 valence electrons. The third kappa shape index (κ3) is 2.90. The van der Waals surface area contributed by atoms with E-state index in [2.05, 4.69) is 0 Å². The van der Waals surface area contributed by atoms with E-state index in [4.69, 9.17) is 9.31 Å². The Hall–Kier alpha value is -1.40. The number of benzene rings is 1. The van der Waals surface area contributed by atoms with Crippen LogP contribution in [0.1, 0.15) is 50.9 Å². The van der Waals surface area contributed by atoms with Crippen LogP contribution in [0.5, 0.6) is 0 Å². The minimum atomic E-state index is -0.748. The van der Waals surface area contributed by atoms with Gasteiger partial charge >= 0.3 is 7.12 Å². The van der Waals surface area contributed by atoms with Crippen molar-refractivity contribution in [2.45, 2.75) is 57.8 Å². The van der Waals surface area contributed by atoms with Crippen LogP contribution in [0.25, 0.3) is 0 Å². The minimum absolute atomic E-state index is 0.114. The van der Waals surface area contributed by atoms with Gasteiger partial charge in [-0.1, -0.05) is 0 Å². The first-order valence-corrected chi connectivity index (χ1v) is 8.04. The van der Waals surface area contributed by atoms with E-state index in [-0.39, 0.29) is 5.91 Å². The van der Waals surface area contributed by atoms with Crippen LogP contribution in [0.3, 0.4) is 0 Å². The summed E-state index contributed by atoms with van der Waals surface area (Å²) in [5, 5.41) is 0. The highest BCUT2D eigenvalue weighted by molar-refractivity contribution is 6.63. The molecular weight excluding hydrogens is 296 g/mol. The lowest BCUT2D eigenvalue weighted by Gasteiger charge is -2.32. The Bertz CT molecular complexity index is 627. The molecule has 0 spiro atoms. The Balaban J connectivity index is 1.96. The van der Waals surface area contributed by atoms with E-state index < -0.39 is 24.1 Å². The number of hydrogen-bond acceptors (Lipinski definition) is 3. The standard InChI is InChI=1S/C17H23BFNO3/c1-16(2)17(3,4)23-18(22-16)14-10-11(19)6-9-13(14)15(21)20(5)12-7-8-12/h6,9-10,12H,7-8H2,1-5H3. The van der Waals surface area contributed by atoms with Gasteiger partial charge in [0.05, 0.1) is 11.2 Å². The third-order valence-corrected chi connectivity index (χ3v) is 5.17. The van der Waals surface area contributed by atoms with E-state index in [1.54, 1.807) is 11.9 Å². The molecule has 1 aliphatic heterocycles. The largest absolute Gasteiger partial charge is 0.495 e. The molecule has 4 nitrogen and oxygen atoms in total. The van der Waals surface area contributed by atoms with Crippen LogP contribution in [0.4, 0.5) is 4.39 Å². The maximum absolute atomic E-state index is 13.8. The first-order valence-electron chi connectivity index (χ1n) is 8.04. The molecule has 23 heavy (non-hydrogen) atoms. The molecule has 1 saturated heterocycles. The molecule has 0 unspecified atom stereocenters. The van der Waals surface area contributed by atoms with Crippen LogP contribution in [0.2, 0.25) is 0 Å². The minimum Gasteiger partial charge on any atom is -0.399 e. The maximum atomic E-state index is 13.8. The molecule has 1 aliphatic carbocycles. The summed E-state index contributed by atoms with van der Waals surface area (Å²) in [4.78, 5) is 14.5. The second-order valence-electron chi connectivity index (χ2n) is 7.47. The van der Waals surface area contributed by atoms with Gasteiger partial charge in [0, 0.05) is 18.7 Å². The number of rotatable bonds is 3. The van der Waals surface area contributed by atoms with Crippen molar-refractivity contribution in [2.75, 3.05) is 7.05 Å². The molecule has 0 radical (unpaired) electrons. The smallest absolute Gasteiger partial charge is 0.399 e. The van der Waals surface area contributed by atoms with Crippen molar-refractivity contribution in [3.05, 3.63) is 29.6 Å². The van der Waals surface area contributed by atoms with Gasteiger partial charge in [-0.2, -0.15) is 0 Å². The Kier molecular flexibility index (Phi) is 3.80. The predicted molar refractivity (Wildman–Crippen MR) is 87.2 cm³/mol. The summed E-state index contributed by atoms with van der Waals surface area (Å²) in [5.41, 5.74) is -0.167. The van der Waals surface area contributed by atoms with Crippen LogP contribution in [0.15, 0.2) is 18.2 Å². The summed E-state index contributed by atoms with van der Waals surface area (Å²) in [7, 11) is 1.04. The molecule has 1 aromatic rings. The molecule has 1 aromatic carbocycles. The third-order valence-electron chi connectivity index (χ3n) is 5.17. The molecule has 0 bridgehead atoms. The first-order chi connectivity index (χ1) is 10.6. The van der Waals surface area contributed by atoms with Gasteiger partial charge in [0.25, 0.3) is 5.91 Å². The zero-order valence-electron chi connectivity index (χ0n) is 14.4. The van der Waals surface area contributed by atoms with Gasteiger partial charge in [-0.3, -0.25) is 4.79 Å². The average Bonchev–Trinajstić information content (AvgIpc) is 3.25. The van der Waals surface area contributed by atoms with Gasteiger partial charge in [-0.05, 0) is 64.2 Å². The normalized spacial score (nSPS) is 22.3. The number of nitrogens with zero attached hydrogens (tertiary/aromatic N) is 1. The summed E-state index contributed by atoms with van der Waals surface area (Å²) < 4.78 is 25.8. The van der Waals surface area contributed by atoms with Crippen LogP contribution in [-0.2, 0) is 9.31 Å². The number of halogens is 1. The van der Waals surface area contributed by atoms with Crippen molar-refractivity contribution in [3.8, 4) is 0 Å². The molecule has 1 heterocycles. The summed E-state index contributed by atoms with van der Waals surface area (Å²) in [6.07, 6.45) is 2.05. The maximum Gasteiger partial charge on any atom is 0.495 e. The summed E-state index contributed by atoms with van der Waals surface area (Å²) in [6.45, 7) is 7.74. The van der Waals surface area contributed by atoms with E-state index in [0.717, 1.165) is 12.8 Å². The topological polar surface area (TPSA) is 38.8 Å². The molecular formula is C17H23BFNO3. The molecule has 0 atom stereocenters. The first kappa shape index (κ1) is 16.5. The number of carbonyl (C=O) groups is 1. The fraction of sp³-hybridized carbons (Fsp3) is 0.588. The van der Waals surface area contributed by atoms with E-state index in [1.807, 2.05) is 27.7 Å². The van der Waals surface area contributed by atoms with Crippen molar-refractivity contribution < 1.29 is 18.5 Å². The molecule has 2 aliphatic rings. The molecule has 6 heteroatoms. The lowest BCUT2D eigenvalue weighted by molar-refractivity contribution is 0.00578. The van der Waals surface area contributed by atoms with E-state index in [1.165, 1.54) is 18.2 Å². The predicted octanol–water partition coefficient (Wildman–Crippen LogP) is 2.36. The van der Waals surface area contributed by atoms with Crippen molar-refractivity contribution in [1.29, 1.82) is 0 Å². The Morgan fingerprint density at radius 1 is 1.22 bits per heavy atom. The number of amides is 1. The summed E-state index contributed by atoms with van der Waals surface area (Å²) in [6, 6.07) is 4.47. The fourth-order valence-corrected chi connectivity index (χ4v) is 2.71. The fourth-order valence-electron chi connectivity index (χ4n) is 2.71. The van der Waals surface area contributed by atoms with Crippen LogP contribution in [0, 0.1) is 5.82 Å². The van der Waals surface area contributed by atoms with E-state index in [0.29, 0.717) is 17.1 Å². The molecule has 2 fully saturated rings. The second-order valence-corrected chi connectivity index (χ2v) is 7.47. The monoisotopic (exact) mass is 319 g/mol. The summed E-state index contributed by atoms with van der Waals surface area (Å²) in [5.74, 6) is -0.516. The Morgan fingerprint density at radius 3 is 2.30 bits per heavy atom. The van der Waals surface area contributed by atoms with Crippen molar-refractivity contribution in [1.82, 2.24) is 4.90 Å². The molecule has 1 saturated carbocycles. The highest BCUT2D eigenvalue weighted by atomic mass is 19.1. The van der Waals surface area contributed by atoms with Gasteiger partial charge in [-0.15, -0.1) is 0 Å². The number of hydrogen-bond donors (Lipinski definition) is 0. The average molecular weight is 319 g/mol. The summed E-state index contributed by atoms with van der Waals surface area (Å²) >= 11 is 0. The zero-order chi connectivity index (χ0) is 17.0. The SMILES string of the molecule is CN(C(=O)c1ccc(F)cc1B1OC(C)(C)C(C)(C)O1)C1CC1. The van der Waals surface area contributed by atoms with Crippen molar-refractivity contribution in [2.24, 2.45) is 0 Å². The zero-order valence-corrected chi connectivity index (χ0v) is 14.4. The quantitative estimate of drug-likeness (QED) is 0.803. The Labute approximate surface area is 137 Å². The highest BCUT2D eigenvalue weighted by Crippen LogP contribution is 2.37. The van der Waals surface area contributed by atoms with Crippen LogP contribution >= 0.6 is 0 Å². The second kappa shape index (κ2) is 5.31. The van der Waals surface area contributed by atoms with Crippen molar-refractivity contribution in [3.63, 3.8) is 0 Å². The highest BCUT2D eigenvalue weighted by Gasteiger charge is 2.52. The van der Waals surface area contributed by atoms with Gasteiger partial charge in [0.15, 0.2) is 0 Å². The molecule has 0 aromatic heterocycles. The van der Waals surface area contributed by atoms with E-state index in [9.17, 15) is 9.18 Å². The molecule has 3 rings (SSSR count). The molecule has 0 N–H and O–H groups in total. The Morgan fingerprint density at radius 2 is 1.78 bits per heavy atom.